The number of nitrogens with one attached hydrogen (secondary N) is 2. The highest BCUT2D eigenvalue weighted by molar-refractivity contribution is 6.31. The molecule has 2 aromatic carbocycles. The second-order valence-corrected chi connectivity index (χ2v) is 12.9. The number of imide groups is 2. The van der Waals surface area contributed by atoms with Gasteiger partial charge in [-0.3, -0.25) is 29.0 Å². The maximum Gasteiger partial charge on any atom is 0.423 e. The van der Waals surface area contributed by atoms with E-state index in [0.717, 1.165) is 36.8 Å². The number of hydrogen-bond acceptors (Lipinski definition) is 12. The molecule has 0 bridgehead atoms. The molecule has 14 heteroatoms. The number of esters is 2. The quantitative estimate of drug-likeness (QED) is 0.0972. The minimum absolute atomic E-state index is 0.110. The standard InChI is InChI=1S/C36H42N4O10/c41-31-11-12-32(42)39(31)17-1-15-37-21-27-9-5-23-3-7-25(19-29(23)47-27)49-35(45)36(46)50-26-8-4-24-6-10-28(48-30(24)20-26)22-38-16-2-18-40-33(43)13-14-34(40)44/h3-4,7-8,19-20,27-28,37-38H,1-2,5-6,9-18,21-22H2. The highest BCUT2D eigenvalue weighted by Crippen LogP contribution is 2.33. The Kier molecular flexibility index (Phi) is 11.4. The molecule has 2 unspecified atom stereocenters. The highest BCUT2D eigenvalue weighted by Gasteiger charge is 2.29. The van der Waals surface area contributed by atoms with Gasteiger partial charge in [-0.25, -0.2) is 9.59 Å². The molecule has 0 radical (unpaired) electrons. The van der Waals surface area contributed by atoms with Gasteiger partial charge in [-0.15, -0.1) is 0 Å². The number of ether oxygens (including phenoxy) is 4. The lowest BCUT2D eigenvalue weighted by Gasteiger charge is -2.27. The van der Waals surface area contributed by atoms with Crippen LogP contribution in [-0.4, -0.2) is 96.8 Å². The first-order valence-electron chi connectivity index (χ1n) is 17.3. The average molecular weight is 691 g/mol. The molecule has 4 aliphatic rings. The monoisotopic (exact) mass is 690 g/mol. The van der Waals surface area contributed by atoms with Crippen molar-refractivity contribution in [3.05, 3.63) is 47.5 Å². The number of aryl methyl sites for hydroxylation is 2. The molecular weight excluding hydrogens is 648 g/mol. The van der Waals surface area contributed by atoms with E-state index in [1.165, 1.54) is 9.80 Å². The third-order valence-electron chi connectivity index (χ3n) is 9.25. The number of rotatable bonds is 14. The van der Waals surface area contributed by atoms with Crippen molar-refractivity contribution < 1.29 is 47.7 Å². The highest BCUT2D eigenvalue weighted by atomic mass is 16.6. The van der Waals surface area contributed by atoms with Gasteiger partial charge < -0.3 is 29.6 Å². The molecular formula is C36H42N4O10. The summed E-state index contributed by atoms with van der Waals surface area (Å²) >= 11 is 0. The van der Waals surface area contributed by atoms with Crippen LogP contribution in [0.15, 0.2) is 36.4 Å². The molecule has 2 saturated heterocycles. The lowest BCUT2D eigenvalue weighted by atomic mass is 10.0. The lowest BCUT2D eigenvalue weighted by molar-refractivity contribution is -0.156. The van der Waals surface area contributed by atoms with Crippen LogP contribution in [0.4, 0.5) is 0 Å². The molecule has 0 aliphatic carbocycles. The average Bonchev–Trinajstić information content (AvgIpc) is 3.61. The predicted octanol–water partition coefficient (Wildman–Crippen LogP) is 1.84. The number of benzene rings is 2. The third-order valence-corrected chi connectivity index (χ3v) is 9.25. The van der Waals surface area contributed by atoms with Crippen molar-refractivity contribution in [1.29, 1.82) is 0 Å². The fourth-order valence-corrected chi connectivity index (χ4v) is 6.52. The van der Waals surface area contributed by atoms with E-state index >= 15 is 0 Å². The Morgan fingerprint density at radius 3 is 1.42 bits per heavy atom. The number of carbonyl (C=O) groups excluding carboxylic acids is 6. The molecule has 2 N–H and O–H groups in total. The molecule has 266 valence electrons. The van der Waals surface area contributed by atoms with Gasteiger partial charge in [0.1, 0.15) is 35.2 Å². The Morgan fingerprint density at radius 1 is 0.620 bits per heavy atom. The van der Waals surface area contributed by atoms with Crippen molar-refractivity contribution in [3.63, 3.8) is 0 Å². The zero-order chi connectivity index (χ0) is 35.0. The van der Waals surface area contributed by atoms with Crippen LogP contribution < -0.4 is 29.6 Å². The number of hydrogen-bond donors (Lipinski definition) is 2. The second-order valence-electron chi connectivity index (χ2n) is 12.9. The molecule has 0 saturated carbocycles. The van der Waals surface area contributed by atoms with Gasteiger partial charge >= 0.3 is 11.9 Å². The molecule has 4 heterocycles. The van der Waals surface area contributed by atoms with Crippen LogP contribution >= 0.6 is 0 Å². The van der Waals surface area contributed by atoms with Gasteiger partial charge in [-0.1, -0.05) is 12.1 Å². The Labute approximate surface area is 289 Å². The van der Waals surface area contributed by atoms with Crippen molar-refractivity contribution >= 4 is 35.6 Å². The molecule has 2 fully saturated rings. The zero-order valence-corrected chi connectivity index (χ0v) is 27.9. The Bertz CT molecular complexity index is 1490. The summed E-state index contributed by atoms with van der Waals surface area (Å²) in [5.41, 5.74) is 1.93. The molecule has 4 amide bonds. The van der Waals surface area contributed by atoms with Gasteiger partial charge in [0.05, 0.1) is 0 Å². The Balaban J connectivity index is 0.917. The Hall–Kier alpha value is -4.82. The van der Waals surface area contributed by atoms with Gasteiger partial charge in [-0.2, -0.15) is 0 Å². The molecule has 14 nitrogen and oxygen atoms in total. The zero-order valence-electron chi connectivity index (χ0n) is 27.9. The van der Waals surface area contributed by atoms with E-state index < -0.39 is 11.9 Å². The smallest absolute Gasteiger partial charge is 0.423 e. The van der Waals surface area contributed by atoms with E-state index in [-0.39, 0.29) is 47.3 Å². The predicted molar refractivity (Wildman–Crippen MR) is 177 cm³/mol. The first-order chi connectivity index (χ1) is 24.2. The van der Waals surface area contributed by atoms with Crippen LogP contribution in [0.25, 0.3) is 0 Å². The summed E-state index contributed by atoms with van der Waals surface area (Å²) < 4.78 is 22.9. The summed E-state index contributed by atoms with van der Waals surface area (Å²) in [6.07, 6.45) is 5.39. The number of carbonyl (C=O) groups is 6. The molecule has 0 aromatic heterocycles. The van der Waals surface area contributed by atoms with Crippen molar-refractivity contribution in [2.45, 2.75) is 76.4 Å². The topological polar surface area (TPSA) is 170 Å². The largest absolute Gasteiger partial charge is 0.489 e. The second kappa shape index (κ2) is 16.3. The fourth-order valence-electron chi connectivity index (χ4n) is 6.52. The van der Waals surface area contributed by atoms with Crippen LogP contribution in [0.1, 0.15) is 62.5 Å². The van der Waals surface area contributed by atoms with Crippen molar-refractivity contribution in [1.82, 2.24) is 20.4 Å². The lowest BCUT2D eigenvalue weighted by Crippen LogP contribution is -2.36. The molecule has 0 spiro atoms. The van der Waals surface area contributed by atoms with Crippen LogP contribution in [0.2, 0.25) is 0 Å². The van der Waals surface area contributed by atoms with Crippen LogP contribution in [0, 0.1) is 0 Å². The summed E-state index contributed by atoms with van der Waals surface area (Å²) in [5.74, 6) is -1.33. The van der Waals surface area contributed by atoms with Gasteiger partial charge in [0, 0.05) is 64.0 Å². The van der Waals surface area contributed by atoms with E-state index in [4.69, 9.17) is 18.9 Å². The van der Waals surface area contributed by atoms with Gasteiger partial charge in [0.25, 0.3) is 0 Å². The first kappa shape index (κ1) is 35.0. The number of nitrogens with zero attached hydrogens (tertiary/aromatic N) is 2. The van der Waals surface area contributed by atoms with E-state index in [0.29, 0.717) is 89.3 Å². The van der Waals surface area contributed by atoms with E-state index in [1.807, 2.05) is 0 Å². The molecule has 2 aromatic rings. The molecule has 6 rings (SSSR count). The molecule has 2 atom stereocenters. The van der Waals surface area contributed by atoms with Crippen molar-refractivity contribution in [2.24, 2.45) is 0 Å². The summed E-state index contributed by atoms with van der Waals surface area (Å²) in [4.78, 5) is 74.9. The molecule has 50 heavy (non-hydrogen) atoms. The van der Waals surface area contributed by atoms with Gasteiger partial charge in [-0.05, 0) is 74.9 Å². The van der Waals surface area contributed by atoms with Gasteiger partial charge in [0.2, 0.25) is 23.6 Å². The fraction of sp³-hybridized carbons (Fsp3) is 0.500. The van der Waals surface area contributed by atoms with Crippen molar-refractivity contribution in [3.8, 4) is 23.0 Å². The first-order valence-corrected chi connectivity index (χ1v) is 17.3. The van der Waals surface area contributed by atoms with Crippen LogP contribution in [-0.2, 0) is 41.6 Å². The van der Waals surface area contributed by atoms with E-state index in [9.17, 15) is 28.8 Å². The SMILES string of the molecule is O=C(Oc1ccc2c(c1)OC(CNCCCN1C(=O)CCC1=O)CC2)C(=O)Oc1ccc2c(c1)OC(CNCCCN1C(=O)CCC1=O)CC2. The van der Waals surface area contributed by atoms with Gasteiger partial charge in [0.15, 0.2) is 0 Å². The normalized spacial score (nSPS) is 19.9. The van der Waals surface area contributed by atoms with Crippen molar-refractivity contribution in [2.75, 3.05) is 39.3 Å². The minimum atomic E-state index is -1.17. The maximum absolute atomic E-state index is 12.6. The Morgan fingerprint density at radius 2 is 1.02 bits per heavy atom. The summed E-state index contributed by atoms with van der Waals surface area (Å²) in [6.45, 7) is 3.23. The summed E-state index contributed by atoms with van der Waals surface area (Å²) in [6, 6.07) is 10.0. The van der Waals surface area contributed by atoms with E-state index in [2.05, 4.69) is 10.6 Å². The summed E-state index contributed by atoms with van der Waals surface area (Å²) in [7, 11) is 0. The van der Waals surface area contributed by atoms with Crippen LogP contribution in [0.5, 0.6) is 23.0 Å². The number of amides is 4. The number of likely N-dealkylation sites (tertiary alicyclic amines) is 2. The summed E-state index contributed by atoms with van der Waals surface area (Å²) in [5, 5.41) is 6.63. The molecule has 4 aliphatic heterocycles. The number of fused-ring (bicyclic) bond motifs is 2. The maximum atomic E-state index is 12.6. The van der Waals surface area contributed by atoms with Crippen LogP contribution in [0.3, 0.4) is 0 Å². The third kappa shape index (κ3) is 8.85. The van der Waals surface area contributed by atoms with E-state index in [1.54, 1.807) is 36.4 Å². The minimum Gasteiger partial charge on any atom is -0.489 e.